The highest BCUT2D eigenvalue weighted by Gasteiger charge is 2.21. The van der Waals surface area contributed by atoms with E-state index < -0.39 is 17.8 Å². The molecular formula is C21H38N2O4. The Labute approximate surface area is 164 Å². The predicted molar refractivity (Wildman–Crippen MR) is 109 cm³/mol. The van der Waals surface area contributed by atoms with Gasteiger partial charge in [-0.25, -0.2) is 0 Å². The fraction of sp³-hybridized carbons (Fsp3) is 0.762. The van der Waals surface area contributed by atoms with Crippen LogP contribution in [0.1, 0.15) is 77.6 Å². The minimum Gasteiger partial charge on any atom is -0.481 e. The van der Waals surface area contributed by atoms with Gasteiger partial charge in [-0.3, -0.25) is 14.4 Å². The van der Waals surface area contributed by atoms with Crippen LogP contribution < -0.4 is 0 Å². The first-order valence-electron chi connectivity index (χ1n) is 10.3. The third-order valence-electron chi connectivity index (χ3n) is 4.52. The van der Waals surface area contributed by atoms with Gasteiger partial charge in [0.25, 0.3) is 0 Å². The highest BCUT2D eigenvalue weighted by molar-refractivity contribution is 6.34. The standard InChI is InChI=1S/C21H38N2O4/c1-4-5-17-22(2)20(26)21(27)23(3)18-15-13-11-9-7-6-8-10-12-14-16-19(24)25/h7,9H,4-6,8,10-18H2,1-3H3,(H,24,25)/b9-7-. The summed E-state index contributed by atoms with van der Waals surface area (Å²) in [6, 6.07) is 0. The SMILES string of the molecule is CCCCN(C)C(=O)C(=O)N(C)CCCC/C=C\CCCCCCC(=O)O. The highest BCUT2D eigenvalue weighted by atomic mass is 16.4. The third-order valence-corrected chi connectivity index (χ3v) is 4.52. The molecule has 0 fully saturated rings. The molecule has 6 heteroatoms. The molecule has 0 atom stereocenters. The van der Waals surface area contributed by atoms with Crippen molar-refractivity contribution < 1.29 is 19.5 Å². The number of carbonyl (C=O) groups is 3. The van der Waals surface area contributed by atoms with Crippen LogP contribution in [-0.4, -0.2) is 59.9 Å². The highest BCUT2D eigenvalue weighted by Crippen LogP contribution is 2.07. The van der Waals surface area contributed by atoms with Gasteiger partial charge in [0.15, 0.2) is 0 Å². The fourth-order valence-electron chi connectivity index (χ4n) is 2.66. The lowest BCUT2D eigenvalue weighted by Crippen LogP contribution is -2.42. The van der Waals surface area contributed by atoms with Gasteiger partial charge in [0, 0.05) is 33.6 Å². The molecule has 0 aliphatic carbocycles. The molecule has 0 rings (SSSR count). The molecule has 0 aliphatic heterocycles. The number of amides is 2. The Morgan fingerprint density at radius 3 is 1.74 bits per heavy atom. The van der Waals surface area contributed by atoms with Crippen LogP contribution in [0.4, 0.5) is 0 Å². The van der Waals surface area contributed by atoms with Gasteiger partial charge in [0.2, 0.25) is 0 Å². The van der Waals surface area contributed by atoms with Gasteiger partial charge < -0.3 is 14.9 Å². The summed E-state index contributed by atoms with van der Waals surface area (Å²) in [5.74, 6) is -1.56. The molecule has 0 radical (unpaired) electrons. The third kappa shape index (κ3) is 13.9. The van der Waals surface area contributed by atoms with Gasteiger partial charge >= 0.3 is 17.8 Å². The average molecular weight is 383 g/mol. The maximum Gasteiger partial charge on any atom is 0.311 e. The molecule has 0 spiro atoms. The van der Waals surface area contributed by atoms with Crippen LogP contribution in [0.5, 0.6) is 0 Å². The first-order chi connectivity index (χ1) is 12.9. The summed E-state index contributed by atoms with van der Waals surface area (Å²) in [5, 5.41) is 8.55. The number of aliphatic carboxylic acids is 1. The van der Waals surface area contributed by atoms with Gasteiger partial charge in [-0.1, -0.05) is 38.3 Å². The van der Waals surface area contributed by atoms with Crippen molar-refractivity contribution in [3.63, 3.8) is 0 Å². The topological polar surface area (TPSA) is 77.9 Å². The molecule has 156 valence electrons. The minimum absolute atomic E-state index is 0.271. The Bertz CT molecular complexity index is 463. The summed E-state index contributed by atoms with van der Waals surface area (Å²) in [7, 11) is 3.37. The summed E-state index contributed by atoms with van der Waals surface area (Å²) in [5.41, 5.74) is 0. The lowest BCUT2D eigenvalue weighted by Gasteiger charge is -2.21. The van der Waals surface area contributed by atoms with E-state index in [-0.39, 0.29) is 6.42 Å². The van der Waals surface area contributed by atoms with Crippen LogP contribution in [0, 0.1) is 0 Å². The quantitative estimate of drug-likeness (QED) is 0.265. The van der Waals surface area contributed by atoms with Crippen LogP contribution in [0.2, 0.25) is 0 Å². The van der Waals surface area contributed by atoms with E-state index in [0.717, 1.165) is 64.2 Å². The number of hydrogen-bond acceptors (Lipinski definition) is 3. The predicted octanol–water partition coefficient (Wildman–Crippen LogP) is 3.86. The van der Waals surface area contributed by atoms with Crippen LogP contribution in [0.3, 0.4) is 0 Å². The van der Waals surface area contributed by atoms with Gasteiger partial charge in [-0.2, -0.15) is 0 Å². The number of carboxylic acids is 1. The number of rotatable bonds is 15. The summed E-state index contributed by atoms with van der Waals surface area (Å²) in [6.07, 6.45) is 14.3. The molecule has 0 aliphatic rings. The molecular weight excluding hydrogens is 344 g/mol. The zero-order chi connectivity index (χ0) is 20.5. The Morgan fingerprint density at radius 1 is 0.741 bits per heavy atom. The van der Waals surface area contributed by atoms with Gasteiger partial charge in [-0.15, -0.1) is 0 Å². The molecule has 0 bridgehead atoms. The summed E-state index contributed by atoms with van der Waals surface area (Å²) < 4.78 is 0. The fourth-order valence-corrected chi connectivity index (χ4v) is 2.66. The largest absolute Gasteiger partial charge is 0.481 e. The van der Waals surface area contributed by atoms with Crippen molar-refractivity contribution >= 4 is 17.8 Å². The molecule has 0 aromatic rings. The number of allylic oxidation sites excluding steroid dienone is 2. The van der Waals surface area contributed by atoms with Crippen molar-refractivity contribution in [3.05, 3.63) is 12.2 Å². The van der Waals surface area contributed by atoms with Crippen molar-refractivity contribution in [2.24, 2.45) is 0 Å². The molecule has 2 amide bonds. The van der Waals surface area contributed by atoms with E-state index in [0.29, 0.717) is 13.1 Å². The van der Waals surface area contributed by atoms with Crippen LogP contribution in [0.15, 0.2) is 12.2 Å². The van der Waals surface area contributed by atoms with E-state index in [4.69, 9.17) is 5.11 Å². The Hall–Kier alpha value is -1.85. The smallest absolute Gasteiger partial charge is 0.311 e. The molecule has 0 unspecified atom stereocenters. The Kier molecular flexibility index (Phi) is 15.2. The van der Waals surface area contributed by atoms with Crippen molar-refractivity contribution in [2.75, 3.05) is 27.2 Å². The van der Waals surface area contributed by atoms with Crippen LogP contribution in [-0.2, 0) is 14.4 Å². The number of carboxylic acid groups (broad SMARTS) is 1. The van der Waals surface area contributed by atoms with Crippen molar-refractivity contribution in [2.45, 2.75) is 77.6 Å². The minimum atomic E-state index is -0.713. The maximum absolute atomic E-state index is 12.1. The lowest BCUT2D eigenvalue weighted by atomic mass is 10.1. The van der Waals surface area contributed by atoms with E-state index in [1.54, 1.807) is 14.1 Å². The van der Waals surface area contributed by atoms with Crippen molar-refractivity contribution in [3.8, 4) is 0 Å². The molecule has 0 saturated carbocycles. The van der Waals surface area contributed by atoms with Crippen LogP contribution >= 0.6 is 0 Å². The lowest BCUT2D eigenvalue weighted by molar-refractivity contribution is -0.150. The number of hydrogen-bond donors (Lipinski definition) is 1. The first kappa shape index (κ1) is 25.1. The Balaban J connectivity index is 3.69. The van der Waals surface area contributed by atoms with Gasteiger partial charge in [0.1, 0.15) is 0 Å². The number of likely N-dealkylation sites (N-methyl/N-ethyl adjacent to an activating group) is 2. The second-order valence-electron chi connectivity index (χ2n) is 7.12. The molecule has 0 aromatic carbocycles. The number of unbranched alkanes of at least 4 members (excludes halogenated alkanes) is 7. The molecule has 1 N–H and O–H groups in total. The zero-order valence-corrected chi connectivity index (χ0v) is 17.4. The van der Waals surface area contributed by atoms with Gasteiger partial charge in [-0.05, 0) is 44.9 Å². The van der Waals surface area contributed by atoms with Crippen molar-refractivity contribution in [1.29, 1.82) is 0 Å². The van der Waals surface area contributed by atoms with Crippen molar-refractivity contribution in [1.82, 2.24) is 9.80 Å². The first-order valence-corrected chi connectivity index (χ1v) is 10.3. The molecule has 0 aromatic heterocycles. The van der Waals surface area contributed by atoms with E-state index in [9.17, 15) is 14.4 Å². The maximum atomic E-state index is 12.1. The van der Waals surface area contributed by atoms with Crippen LogP contribution in [0.25, 0.3) is 0 Å². The molecule has 0 saturated heterocycles. The second-order valence-corrected chi connectivity index (χ2v) is 7.12. The number of nitrogens with zero attached hydrogens (tertiary/aromatic N) is 2. The average Bonchev–Trinajstić information content (AvgIpc) is 2.65. The van der Waals surface area contributed by atoms with Gasteiger partial charge in [0.05, 0.1) is 0 Å². The normalized spacial score (nSPS) is 10.9. The molecule has 0 heterocycles. The summed E-state index contributed by atoms with van der Waals surface area (Å²) in [4.78, 5) is 37.5. The summed E-state index contributed by atoms with van der Waals surface area (Å²) in [6.45, 7) is 3.28. The van der Waals surface area contributed by atoms with E-state index in [2.05, 4.69) is 19.1 Å². The molecule has 6 nitrogen and oxygen atoms in total. The van der Waals surface area contributed by atoms with E-state index >= 15 is 0 Å². The summed E-state index contributed by atoms with van der Waals surface area (Å²) >= 11 is 0. The number of carbonyl (C=O) groups excluding carboxylic acids is 2. The molecule has 27 heavy (non-hydrogen) atoms. The zero-order valence-electron chi connectivity index (χ0n) is 17.4. The second kappa shape index (κ2) is 16.3. The monoisotopic (exact) mass is 382 g/mol. The van der Waals surface area contributed by atoms with E-state index in [1.807, 2.05) is 0 Å². The Morgan fingerprint density at radius 2 is 1.22 bits per heavy atom. The van der Waals surface area contributed by atoms with E-state index in [1.165, 1.54) is 9.80 Å².